The molecule has 0 radical (unpaired) electrons. The number of thioether (sulfide) groups is 1. The Bertz CT molecular complexity index is 845. The molecular weight excluding hydrogens is 324 g/mol. The van der Waals surface area contributed by atoms with Crippen LogP contribution in [0.5, 0.6) is 0 Å². The van der Waals surface area contributed by atoms with E-state index < -0.39 is 0 Å². The lowest BCUT2D eigenvalue weighted by molar-refractivity contribution is -0.119. The summed E-state index contributed by atoms with van der Waals surface area (Å²) >= 11 is 3.29. The number of carbonyl (C=O) groups excluding carboxylic acids is 1. The summed E-state index contributed by atoms with van der Waals surface area (Å²) in [6.45, 7) is 0. The average Bonchev–Trinajstić information content (AvgIpc) is 3.03. The Morgan fingerprint density at radius 2 is 2.00 bits per heavy atom. The minimum Gasteiger partial charge on any atom is -0.298 e. The van der Waals surface area contributed by atoms with Crippen LogP contribution in [0.3, 0.4) is 0 Å². The fourth-order valence-corrected chi connectivity index (χ4v) is 5.15. The van der Waals surface area contributed by atoms with Gasteiger partial charge in [-0.2, -0.15) is 0 Å². The molecule has 2 heterocycles. The van der Waals surface area contributed by atoms with Crippen LogP contribution in [-0.4, -0.2) is 21.0 Å². The van der Waals surface area contributed by atoms with Crippen LogP contribution in [0, 0.1) is 0 Å². The van der Waals surface area contributed by atoms with Crippen LogP contribution in [0.2, 0.25) is 0 Å². The van der Waals surface area contributed by atoms with Gasteiger partial charge in [0.1, 0.15) is 22.0 Å². The molecule has 0 unspecified atom stereocenters. The van der Waals surface area contributed by atoms with Crippen molar-refractivity contribution in [3.8, 4) is 10.4 Å². The van der Waals surface area contributed by atoms with E-state index >= 15 is 0 Å². The van der Waals surface area contributed by atoms with Gasteiger partial charge in [0.05, 0.1) is 5.25 Å². The van der Waals surface area contributed by atoms with Gasteiger partial charge < -0.3 is 0 Å². The number of fused-ring (bicyclic) bond motifs is 1. The molecule has 5 heteroatoms. The van der Waals surface area contributed by atoms with E-state index in [1.54, 1.807) is 29.4 Å². The molecule has 0 bridgehead atoms. The van der Waals surface area contributed by atoms with Crippen molar-refractivity contribution in [2.45, 2.75) is 36.0 Å². The number of nitrogens with zero attached hydrogens (tertiary/aromatic N) is 2. The molecule has 0 N–H and O–H groups in total. The largest absolute Gasteiger partial charge is 0.298 e. The molecule has 1 aliphatic rings. The molecule has 1 aliphatic carbocycles. The zero-order valence-corrected chi connectivity index (χ0v) is 14.2. The summed E-state index contributed by atoms with van der Waals surface area (Å²) < 4.78 is 0. The number of ketones is 1. The van der Waals surface area contributed by atoms with Crippen LogP contribution in [0.4, 0.5) is 0 Å². The number of Topliss-reactive ketones (excluding diaryl/α,β-unsaturated/α-hetero) is 1. The molecule has 1 aromatic carbocycles. The molecule has 0 saturated heterocycles. The van der Waals surface area contributed by atoms with Crippen molar-refractivity contribution in [2.75, 3.05) is 0 Å². The highest BCUT2D eigenvalue weighted by molar-refractivity contribution is 8.00. The summed E-state index contributed by atoms with van der Waals surface area (Å²) in [5, 5.41) is 2.07. The maximum absolute atomic E-state index is 12.1. The average molecular weight is 340 g/mol. The quantitative estimate of drug-likeness (QED) is 0.632. The molecule has 1 fully saturated rings. The van der Waals surface area contributed by atoms with Gasteiger partial charge in [0, 0.05) is 16.7 Å². The first kappa shape index (κ1) is 14.8. The molecule has 2 aromatic heterocycles. The highest BCUT2D eigenvalue weighted by atomic mass is 32.2. The standard InChI is InChI=1S/C18H16N2OS2/c21-14-8-4-5-9-15(14)22-17-13-10-16(12-6-2-1-3-7-12)23-18(13)20-11-19-17/h1-3,6-7,10-11,15H,4-5,8-9H2/t15-/m0/s1. The molecule has 1 atom stereocenters. The van der Waals surface area contributed by atoms with Crippen LogP contribution < -0.4 is 0 Å². The van der Waals surface area contributed by atoms with Crippen molar-refractivity contribution in [2.24, 2.45) is 0 Å². The molecule has 1 saturated carbocycles. The molecule has 0 spiro atoms. The molecule has 23 heavy (non-hydrogen) atoms. The van der Waals surface area contributed by atoms with Gasteiger partial charge in [-0.15, -0.1) is 11.3 Å². The van der Waals surface area contributed by atoms with Gasteiger partial charge in [-0.05, 0) is 24.5 Å². The fourth-order valence-electron chi connectivity index (χ4n) is 2.88. The predicted octanol–water partition coefficient (Wildman–Crippen LogP) is 4.96. The zero-order valence-electron chi connectivity index (χ0n) is 12.6. The third-order valence-corrected chi connectivity index (χ3v) is 6.53. The van der Waals surface area contributed by atoms with E-state index in [0.717, 1.165) is 34.5 Å². The number of aromatic nitrogens is 2. The highest BCUT2D eigenvalue weighted by Crippen LogP contribution is 2.39. The van der Waals surface area contributed by atoms with Crippen LogP contribution in [0.1, 0.15) is 25.7 Å². The molecule has 3 aromatic rings. The van der Waals surface area contributed by atoms with E-state index in [2.05, 4.69) is 28.2 Å². The molecular formula is C18H16N2OS2. The van der Waals surface area contributed by atoms with E-state index in [1.165, 1.54) is 10.4 Å². The van der Waals surface area contributed by atoms with Gasteiger partial charge in [-0.25, -0.2) is 9.97 Å². The lowest BCUT2D eigenvalue weighted by Crippen LogP contribution is -2.21. The SMILES string of the molecule is O=C1CCCC[C@@H]1Sc1ncnc2sc(-c3ccccc3)cc12. The van der Waals surface area contributed by atoms with E-state index in [1.807, 2.05) is 18.2 Å². The van der Waals surface area contributed by atoms with Crippen molar-refractivity contribution in [3.05, 3.63) is 42.7 Å². The predicted molar refractivity (Wildman–Crippen MR) is 96.0 cm³/mol. The Morgan fingerprint density at radius 1 is 1.13 bits per heavy atom. The van der Waals surface area contributed by atoms with Gasteiger partial charge in [0.2, 0.25) is 0 Å². The van der Waals surface area contributed by atoms with Crippen molar-refractivity contribution in [1.82, 2.24) is 9.97 Å². The Morgan fingerprint density at radius 3 is 2.83 bits per heavy atom. The lowest BCUT2D eigenvalue weighted by Gasteiger charge is -2.19. The van der Waals surface area contributed by atoms with Crippen molar-refractivity contribution in [1.29, 1.82) is 0 Å². The molecule has 4 rings (SSSR count). The number of rotatable bonds is 3. The topological polar surface area (TPSA) is 42.9 Å². The lowest BCUT2D eigenvalue weighted by atomic mass is 9.99. The first-order valence-electron chi connectivity index (χ1n) is 7.80. The Labute approximate surface area is 143 Å². The second-order valence-electron chi connectivity index (χ2n) is 5.69. The number of hydrogen-bond acceptors (Lipinski definition) is 5. The first-order chi connectivity index (χ1) is 11.3. The summed E-state index contributed by atoms with van der Waals surface area (Å²) in [6.07, 6.45) is 5.46. The van der Waals surface area contributed by atoms with Crippen molar-refractivity contribution in [3.63, 3.8) is 0 Å². The number of thiophene rings is 1. The minimum absolute atomic E-state index is 0.0573. The summed E-state index contributed by atoms with van der Waals surface area (Å²) in [6, 6.07) is 12.5. The minimum atomic E-state index is 0.0573. The van der Waals surface area contributed by atoms with E-state index in [-0.39, 0.29) is 5.25 Å². The Kier molecular flexibility index (Phi) is 4.14. The van der Waals surface area contributed by atoms with E-state index in [4.69, 9.17) is 0 Å². The van der Waals surface area contributed by atoms with Crippen LogP contribution in [-0.2, 0) is 4.79 Å². The number of carbonyl (C=O) groups is 1. The fraction of sp³-hybridized carbons (Fsp3) is 0.278. The highest BCUT2D eigenvalue weighted by Gasteiger charge is 2.24. The monoisotopic (exact) mass is 340 g/mol. The third-order valence-electron chi connectivity index (χ3n) is 4.10. The summed E-state index contributed by atoms with van der Waals surface area (Å²) in [5.41, 5.74) is 1.19. The maximum atomic E-state index is 12.1. The molecule has 0 amide bonds. The maximum Gasteiger partial charge on any atom is 0.146 e. The summed E-state index contributed by atoms with van der Waals surface area (Å²) in [4.78, 5) is 23.1. The van der Waals surface area contributed by atoms with E-state index in [9.17, 15) is 4.79 Å². The van der Waals surface area contributed by atoms with Crippen LogP contribution in [0.15, 0.2) is 47.8 Å². The second-order valence-corrected chi connectivity index (χ2v) is 7.91. The summed E-state index contributed by atoms with van der Waals surface area (Å²) in [5.74, 6) is 0.367. The van der Waals surface area contributed by atoms with E-state index in [0.29, 0.717) is 12.2 Å². The van der Waals surface area contributed by atoms with Crippen molar-refractivity contribution < 1.29 is 4.79 Å². The summed E-state index contributed by atoms with van der Waals surface area (Å²) in [7, 11) is 0. The van der Waals surface area contributed by atoms with Gasteiger partial charge in [0.15, 0.2) is 0 Å². The second kappa shape index (κ2) is 6.42. The Hall–Kier alpha value is -1.72. The Balaban J connectivity index is 1.70. The molecule has 3 nitrogen and oxygen atoms in total. The first-order valence-corrected chi connectivity index (χ1v) is 9.50. The van der Waals surface area contributed by atoms with Crippen LogP contribution in [0.25, 0.3) is 20.7 Å². The smallest absolute Gasteiger partial charge is 0.146 e. The molecule has 116 valence electrons. The normalized spacial score (nSPS) is 18.4. The molecule has 0 aliphatic heterocycles. The number of benzene rings is 1. The van der Waals surface area contributed by atoms with Crippen LogP contribution >= 0.6 is 23.1 Å². The van der Waals surface area contributed by atoms with Gasteiger partial charge in [-0.3, -0.25) is 4.79 Å². The van der Waals surface area contributed by atoms with Crippen molar-refractivity contribution >= 4 is 39.1 Å². The third kappa shape index (κ3) is 3.03. The van der Waals surface area contributed by atoms with Gasteiger partial charge in [0.25, 0.3) is 0 Å². The van der Waals surface area contributed by atoms with Gasteiger partial charge >= 0.3 is 0 Å². The number of hydrogen-bond donors (Lipinski definition) is 0. The zero-order chi connectivity index (χ0) is 15.6. The van der Waals surface area contributed by atoms with Gasteiger partial charge in [-0.1, -0.05) is 48.5 Å².